The molecule has 1 aromatic heterocycles. The molecule has 1 atom stereocenters. The van der Waals surface area contributed by atoms with Gasteiger partial charge in [0.1, 0.15) is 11.9 Å². The Morgan fingerprint density at radius 2 is 2.33 bits per heavy atom. The van der Waals surface area contributed by atoms with E-state index >= 15 is 0 Å². The van der Waals surface area contributed by atoms with Gasteiger partial charge < -0.3 is 15.2 Å². The van der Waals surface area contributed by atoms with Crippen molar-refractivity contribution in [2.24, 2.45) is 0 Å². The number of aliphatic carboxylic acids is 1. The number of nitrogens with zero attached hydrogens (tertiary/aromatic N) is 2. The monoisotopic (exact) mass is 249 g/mol. The summed E-state index contributed by atoms with van der Waals surface area (Å²) in [6.45, 7) is 3.67. The summed E-state index contributed by atoms with van der Waals surface area (Å²) in [7, 11) is 1.32. The minimum atomic E-state index is -1.06. The summed E-state index contributed by atoms with van der Waals surface area (Å²) in [5, 5.41) is 20.7. The summed E-state index contributed by atoms with van der Waals surface area (Å²) in [5.74, 6) is -0.675. The Bertz CT molecular complexity index is 494. The Hall–Kier alpha value is -2.13. The zero-order valence-corrected chi connectivity index (χ0v) is 10.5. The Balaban J connectivity index is 2.91. The zero-order chi connectivity index (χ0) is 13.7. The number of anilines is 1. The van der Waals surface area contributed by atoms with Crippen LogP contribution in [0.15, 0.2) is 6.07 Å². The van der Waals surface area contributed by atoms with Gasteiger partial charge in [0.25, 0.3) is 0 Å². The highest BCUT2D eigenvalue weighted by atomic mass is 16.5. The molecule has 0 radical (unpaired) electrons. The predicted octanol–water partition coefficient (Wildman–Crippen LogP) is 1.08. The van der Waals surface area contributed by atoms with E-state index in [0.717, 1.165) is 11.3 Å². The molecule has 18 heavy (non-hydrogen) atoms. The molecule has 2 N–H and O–H groups in total. The lowest BCUT2D eigenvalue weighted by molar-refractivity contribution is -0.147. The molecule has 6 nitrogen and oxygen atoms in total. The topological polar surface area (TPSA) is 95.2 Å². The lowest BCUT2D eigenvalue weighted by Crippen LogP contribution is -2.30. The number of hydrogen-bond donors (Lipinski definition) is 2. The van der Waals surface area contributed by atoms with Gasteiger partial charge in [-0.2, -0.15) is 5.26 Å². The molecule has 1 unspecified atom stereocenters. The maximum Gasteiger partial charge on any atom is 0.334 e. The molecule has 0 saturated heterocycles. The van der Waals surface area contributed by atoms with E-state index in [0.29, 0.717) is 11.4 Å². The number of pyridine rings is 1. The lowest BCUT2D eigenvalue weighted by Gasteiger charge is -2.14. The first-order valence-electron chi connectivity index (χ1n) is 5.37. The lowest BCUT2D eigenvalue weighted by atomic mass is 10.1. The standard InChI is InChI=1S/C12H15N3O3/c1-7-4-8(2)15-11(9(7)5-13)14-6-10(18-3)12(16)17/h4,10H,6H2,1-3H3,(H,14,15)(H,16,17). The number of methoxy groups -OCH3 is 1. The van der Waals surface area contributed by atoms with E-state index in [9.17, 15) is 4.79 Å². The van der Waals surface area contributed by atoms with Gasteiger partial charge in [0.15, 0.2) is 6.10 Å². The van der Waals surface area contributed by atoms with Crippen molar-refractivity contribution in [3.8, 4) is 6.07 Å². The number of aromatic nitrogens is 1. The Labute approximate surface area is 105 Å². The van der Waals surface area contributed by atoms with Crippen LogP contribution in [0.5, 0.6) is 0 Å². The van der Waals surface area contributed by atoms with Crippen LogP contribution in [0, 0.1) is 25.2 Å². The second-order valence-corrected chi connectivity index (χ2v) is 3.86. The van der Waals surface area contributed by atoms with Crippen LogP contribution >= 0.6 is 0 Å². The maximum atomic E-state index is 10.8. The van der Waals surface area contributed by atoms with Gasteiger partial charge in [-0.15, -0.1) is 0 Å². The Morgan fingerprint density at radius 3 is 2.83 bits per heavy atom. The number of carboxylic acids is 1. The minimum Gasteiger partial charge on any atom is -0.479 e. The average Bonchev–Trinajstić information content (AvgIpc) is 2.28. The second-order valence-electron chi connectivity index (χ2n) is 3.86. The molecule has 0 spiro atoms. The van der Waals surface area contributed by atoms with Gasteiger partial charge in [-0.05, 0) is 25.5 Å². The number of ether oxygens (including phenoxy) is 1. The SMILES string of the molecule is COC(CNc1nc(C)cc(C)c1C#N)C(=O)O. The Kier molecular flexibility index (Phi) is 4.63. The number of hydrogen-bond acceptors (Lipinski definition) is 5. The maximum absolute atomic E-state index is 10.8. The number of nitrogens with one attached hydrogen (secondary N) is 1. The van der Waals surface area contributed by atoms with Crippen molar-refractivity contribution in [2.45, 2.75) is 20.0 Å². The highest BCUT2D eigenvalue weighted by Crippen LogP contribution is 2.17. The molecule has 0 bridgehead atoms. The highest BCUT2D eigenvalue weighted by molar-refractivity contribution is 5.73. The second kappa shape index (κ2) is 5.98. The number of carboxylic acid groups (broad SMARTS) is 1. The molecule has 0 fully saturated rings. The molecule has 1 heterocycles. The fourth-order valence-corrected chi connectivity index (χ4v) is 1.57. The largest absolute Gasteiger partial charge is 0.479 e. The summed E-state index contributed by atoms with van der Waals surface area (Å²) >= 11 is 0. The molecule has 0 aromatic carbocycles. The number of aryl methyl sites for hydroxylation is 2. The predicted molar refractivity (Wildman–Crippen MR) is 65.3 cm³/mol. The average molecular weight is 249 g/mol. The molecule has 96 valence electrons. The van der Waals surface area contributed by atoms with E-state index in [2.05, 4.69) is 10.3 Å². The van der Waals surface area contributed by atoms with Crippen molar-refractivity contribution in [1.82, 2.24) is 4.98 Å². The van der Waals surface area contributed by atoms with Crippen molar-refractivity contribution >= 4 is 11.8 Å². The smallest absolute Gasteiger partial charge is 0.334 e. The van der Waals surface area contributed by atoms with Gasteiger partial charge in [-0.3, -0.25) is 0 Å². The van der Waals surface area contributed by atoms with Crippen molar-refractivity contribution in [3.05, 3.63) is 22.9 Å². The minimum absolute atomic E-state index is 0.0520. The molecule has 0 aliphatic carbocycles. The quantitative estimate of drug-likeness (QED) is 0.810. The molecule has 1 rings (SSSR count). The third-order valence-electron chi connectivity index (χ3n) is 2.47. The normalized spacial score (nSPS) is 11.7. The van der Waals surface area contributed by atoms with Crippen molar-refractivity contribution in [2.75, 3.05) is 19.0 Å². The summed E-state index contributed by atoms with van der Waals surface area (Å²) in [6, 6.07) is 3.85. The van der Waals surface area contributed by atoms with Crippen LogP contribution in [0.1, 0.15) is 16.8 Å². The summed E-state index contributed by atoms with van der Waals surface area (Å²) in [5.41, 5.74) is 1.98. The molecule has 0 saturated carbocycles. The molecular formula is C12H15N3O3. The third-order valence-corrected chi connectivity index (χ3v) is 2.47. The number of carbonyl (C=O) groups is 1. The van der Waals surface area contributed by atoms with E-state index in [1.807, 2.05) is 19.9 Å². The van der Waals surface area contributed by atoms with E-state index in [1.165, 1.54) is 7.11 Å². The van der Waals surface area contributed by atoms with Crippen LogP contribution in [0.4, 0.5) is 5.82 Å². The summed E-state index contributed by atoms with van der Waals surface area (Å²) in [4.78, 5) is 15.0. The van der Waals surface area contributed by atoms with Crippen molar-refractivity contribution in [1.29, 1.82) is 5.26 Å². The molecule has 6 heteroatoms. The van der Waals surface area contributed by atoms with Gasteiger partial charge in [0.2, 0.25) is 0 Å². The van der Waals surface area contributed by atoms with Crippen LogP contribution in [0.3, 0.4) is 0 Å². The van der Waals surface area contributed by atoms with Gasteiger partial charge >= 0.3 is 5.97 Å². The van der Waals surface area contributed by atoms with Gasteiger partial charge in [0.05, 0.1) is 12.1 Å². The Morgan fingerprint density at radius 1 is 1.67 bits per heavy atom. The van der Waals surface area contributed by atoms with Gasteiger partial charge in [-0.1, -0.05) is 0 Å². The first-order valence-corrected chi connectivity index (χ1v) is 5.37. The van der Waals surface area contributed by atoms with Crippen LogP contribution in [-0.2, 0) is 9.53 Å². The summed E-state index contributed by atoms with van der Waals surface area (Å²) < 4.78 is 4.79. The van der Waals surface area contributed by atoms with Crippen molar-refractivity contribution in [3.63, 3.8) is 0 Å². The first kappa shape index (κ1) is 13.9. The van der Waals surface area contributed by atoms with E-state index in [-0.39, 0.29) is 6.54 Å². The van der Waals surface area contributed by atoms with Gasteiger partial charge in [0, 0.05) is 12.8 Å². The van der Waals surface area contributed by atoms with Crippen LogP contribution in [0.2, 0.25) is 0 Å². The highest BCUT2D eigenvalue weighted by Gasteiger charge is 2.17. The molecular weight excluding hydrogens is 234 g/mol. The fourth-order valence-electron chi connectivity index (χ4n) is 1.57. The molecule has 0 aliphatic heterocycles. The molecule has 1 aromatic rings. The summed E-state index contributed by atoms with van der Waals surface area (Å²) in [6.07, 6.45) is -0.973. The molecule has 0 aliphatic rings. The van der Waals surface area contributed by atoms with Gasteiger partial charge in [-0.25, -0.2) is 9.78 Å². The van der Waals surface area contributed by atoms with Crippen LogP contribution < -0.4 is 5.32 Å². The van der Waals surface area contributed by atoms with Crippen molar-refractivity contribution < 1.29 is 14.6 Å². The first-order chi connectivity index (χ1) is 8.49. The number of nitriles is 1. The fraction of sp³-hybridized carbons (Fsp3) is 0.417. The third kappa shape index (κ3) is 3.18. The van der Waals surface area contributed by atoms with Crippen LogP contribution in [-0.4, -0.2) is 35.8 Å². The van der Waals surface area contributed by atoms with E-state index in [1.54, 1.807) is 6.07 Å². The van der Waals surface area contributed by atoms with Crippen LogP contribution in [0.25, 0.3) is 0 Å². The number of rotatable bonds is 5. The molecule has 0 amide bonds. The zero-order valence-electron chi connectivity index (χ0n) is 10.5. The van der Waals surface area contributed by atoms with E-state index < -0.39 is 12.1 Å². The van der Waals surface area contributed by atoms with E-state index in [4.69, 9.17) is 15.1 Å².